The summed E-state index contributed by atoms with van der Waals surface area (Å²) >= 11 is 6.07. The molecule has 0 saturated carbocycles. The Labute approximate surface area is 131 Å². The van der Waals surface area contributed by atoms with Crippen molar-refractivity contribution >= 4 is 17.4 Å². The van der Waals surface area contributed by atoms with Gasteiger partial charge in [0.2, 0.25) is 0 Å². The van der Waals surface area contributed by atoms with E-state index in [0.717, 1.165) is 24.9 Å². The first-order valence-electron chi connectivity index (χ1n) is 7.30. The van der Waals surface area contributed by atoms with E-state index in [-0.39, 0.29) is 6.04 Å². The van der Waals surface area contributed by atoms with Gasteiger partial charge >= 0.3 is 0 Å². The van der Waals surface area contributed by atoms with E-state index in [1.54, 1.807) is 6.20 Å². The number of benzene rings is 1. The number of nitrogen functional groups attached to an aromatic ring is 1. The zero-order valence-electron chi connectivity index (χ0n) is 12.6. The number of nitrogens with two attached hydrogens (primary N) is 1. The molecule has 4 heteroatoms. The van der Waals surface area contributed by atoms with Gasteiger partial charge in [0.05, 0.1) is 5.02 Å². The van der Waals surface area contributed by atoms with Gasteiger partial charge in [-0.05, 0) is 37.9 Å². The number of hydrogen-bond acceptors (Lipinski definition) is 3. The minimum atomic E-state index is 0.124. The number of hydrogen-bond donors (Lipinski definition) is 2. The van der Waals surface area contributed by atoms with Crippen LogP contribution in [0.3, 0.4) is 0 Å². The summed E-state index contributed by atoms with van der Waals surface area (Å²) in [5.41, 5.74) is 9.54. The predicted molar refractivity (Wildman–Crippen MR) is 89.6 cm³/mol. The second-order valence-electron chi connectivity index (χ2n) is 5.32. The fourth-order valence-corrected chi connectivity index (χ4v) is 2.48. The molecule has 0 aliphatic heterocycles. The average molecular weight is 304 g/mol. The molecule has 0 amide bonds. The van der Waals surface area contributed by atoms with Gasteiger partial charge in [0.15, 0.2) is 0 Å². The summed E-state index contributed by atoms with van der Waals surface area (Å²) in [6, 6.07) is 10.6. The maximum atomic E-state index is 6.07. The summed E-state index contributed by atoms with van der Waals surface area (Å²) in [7, 11) is 0. The van der Waals surface area contributed by atoms with Crippen molar-refractivity contribution in [3.05, 3.63) is 58.2 Å². The summed E-state index contributed by atoms with van der Waals surface area (Å²) in [5.74, 6) is 0.542. The SMILES string of the molecule is CCCNC(Cc1ccc(C)cc1)c1cc(Cl)cnc1N. The van der Waals surface area contributed by atoms with Crippen LogP contribution in [-0.2, 0) is 6.42 Å². The normalized spacial score (nSPS) is 12.3. The lowest BCUT2D eigenvalue weighted by Gasteiger charge is -2.20. The lowest BCUT2D eigenvalue weighted by Crippen LogP contribution is -2.25. The van der Waals surface area contributed by atoms with Gasteiger partial charge in [0.25, 0.3) is 0 Å². The molecule has 1 aromatic heterocycles. The smallest absolute Gasteiger partial charge is 0.128 e. The third-order valence-corrected chi connectivity index (χ3v) is 3.70. The van der Waals surface area contributed by atoms with Crippen molar-refractivity contribution in [3.8, 4) is 0 Å². The maximum Gasteiger partial charge on any atom is 0.128 e. The van der Waals surface area contributed by atoms with Gasteiger partial charge in [-0.25, -0.2) is 4.98 Å². The van der Waals surface area contributed by atoms with Crippen LogP contribution in [-0.4, -0.2) is 11.5 Å². The van der Waals surface area contributed by atoms with Crippen molar-refractivity contribution in [3.63, 3.8) is 0 Å². The van der Waals surface area contributed by atoms with Crippen LogP contribution >= 0.6 is 11.6 Å². The second-order valence-corrected chi connectivity index (χ2v) is 5.76. The molecule has 1 atom stereocenters. The first-order valence-corrected chi connectivity index (χ1v) is 7.67. The Morgan fingerprint density at radius 2 is 2.00 bits per heavy atom. The number of nitrogens with zero attached hydrogens (tertiary/aromatic N) is 1. The van der Waals surface area contributed by atoms with Crippen LogP contribution in [0.1, 0.15) is 36.1 Å². The molecule has 0 aliphatic rings. The fraction of sp³-hybridized carbons (Fsp3) is 0.353. The predicted octanol–water partition coefficient (Wildman–Crippen LogP) is 3.91. The average Bonchev–Trinajstić information content (AvgIpc) is 2.48. The number of rotatable bonds is 6. The molecular weight excluding hydrogens is 282 g/mol. The molecule has 21 heavy (non-hydrogen) atoms. The molecule has 112 valence electrons. The highest BCUT2D eigenvalue weighted by Crippen LogP contribution is 2.25. The fourth-order valence-electron chi connectivity index (χ4n) is 2.32. The third-order valence-electron chi connectivity index (χ3n) is 3.49. The molecule has 0 saturated heterocycles. The summed E-state index contributed by atoms with van der Waals surface area (Å²) in [5, 5.41) is 4.16. The molecule has 0 bridgehead atoms. The van der Waals surface area contributed by atoms with E-state index < -0.39 is 0 Å². The van der Waals surface area contributed by atoms with E-state index >= 15 is 0 Å². The third kappa shape index (κ3) is 4.45. The summed E-state index contributed by atoms with van der Waals surface area (Å²) in [4.78, 5) is 4.17. The molecule has 1 aromatic carbocycles. The lowest BCUT2D eigenvalue weighted by molar-refractivity contribution is 0.529. The molecule has 2 rings (SSSR count). The zero-order chi connectivity index (χ0) is 15.2. The zero-order valence-corrected chi connectivity index (χ0v) is 13.3. The molecule has 1 unspecified atom stereocenters. The van der Waals surface area contributed by atoms with E-state index in [1.807, 2.05) is 6.07 Å². The summed E-state index contributed by atoms with van der Waals surface area (Å²) < 4.78 is 0. The van der Waals surface area contributed by atoms with Gasteiger partial charge in [-0.2, -0.15) is 0 Å². The van der Waals surface area contributed by atoms with Gasteiger partial charge in [-0.1, -0.05) is 48.4 Å². The van der Waals surface area contributed by atoms with E-state index in [0.29, 0.717) is 10.8 Å². The molecule has 1 heterocycles. The molecule has 2 aromatic rings. The second kappa shape index (κ2) is 7.43. The van der Waals surface area contributed by atoms with Crippen molar-refractivity contribution in [2.45, 2.75) is 32.7 Å². The monoisotopic (exact) mass is 303 g/mol. The lowest BCUT2D eigenvalue weighted by atomic mass is 9.98. The van der Waals surface area contributed by atoms with Crippen molar-refractivity contribution in [1.82, 2.24) is 10.3 Å². The Morgan fingerprint density at radius 1 is 1.29 bits per heavy atom. The number of nitrogens with one attached hydrogen (secondary N) is 1. The molecule has 3 nitrogen and oxygen atoms in total. The van der Waals surface area contributed by atoms with Crippen molar-refractivity contribution in [2.24, 2.45) is 0 Å². The number of aryl methyl sites for hydroxylation is 1. The molecule has 0 radical (unpaired) electrons. The van der Waals surface area contributed by atoms with Crippen molar-refractivity contribution in [1.29, 1.82) is 0 Å². The Morgan fingerprint density at radius 3 is 2.67 bits per heavy atom. The summed E-state index contributed by atoms with van der Waals surface area (Å²) in [6.45, 7) is 5.17. The minimum absolute atomic E-state index is 0.124. The van der Waals surface area contributed by atoms with Gasteiger partial charge in [0.1, 0.15) is 5.82 Å². The Balaban J connectivity index is 2.25. The standard InChI is InChI=1S/C17H22ClN3/c1-3-8-20-16(9-13-6-4-12(2)5-7-13)15-10-14(18)11-21-17(15)19/h4-7,10-11,16,20H,3,8-9H2,1-2H3,(H2,19,21). The Kier molecular flexibility index (Phi) is 5.59. The van der Waals surface area contributed by atoms with Crippen LogP contribution < -0.4 is 11.1 Å². The Bertz CT molecular complexity index is 581. The molecule has 3 N–H and O–H groups in total. The van der Waals surface area contributed by atoms with Gasteiger partial charge in [-0.3, -0.25) is 0 Å². The summed E-state index contributed by atoms with van der Waals surface area (Å²) in [6.07, 6.45) is 3.52. The van der Waals surface area contributed by atoms with E-state index in [2.05, 4.69) is 48.4 Å². The number of anilines is 1. The van der Waals surface area contributed by atoms with Gasteiger partial charge < -0.3 is 11.1 Å². The molecule has 0 spiro atoms. The van der Waals surface area contributed by atoms with Crippen molar-refractivity contribution in [2.75, 3.05) is 12.3 Å². The topological polar surface area (TPSA) is 50.9 Å². The van der Waals surface area contributed by atoms with Crippen LogP contribution in [0.5, 0.6) is 0 Å². The van der Waals surface area contributed by atoms with Crippen LogP contribution in [0.4, 0.5) is 5.82 Å². The highest BCUT2D eigenvalue weighted by molar-refractivity contribution is 6.30. The largest absolute Gasteiger partial charge is 0.383 e. The quantitative estimate of drug-likeness (QED) is 0.850. The molecular formula is C17H22ClN3. The van der Waals surface area contributed by atoms with E-state index in [4.69, 9.17) is 17.3 Å². The van der Waals surface area contributed by atoms with Crippen LogP contribution in [0.15, 0.2) is 36.5 Å². The Hall–Kier alpha value is -1.58. The number of pyridine rings is 1. The molecule has 0 aliphatic carbocycles. The first kappa shape index (κ1) is 15.8. The van der Waals surface area contributed by atoms with E-state index in [1.165, 1.54) is 11.1 Å². The van der Waals surface area contributed by atoms with Crippen LogP contribution in [0, 0.1) is 6.92 Å². The van der Waals surface area contributed by atoms with Gasteiger partial charge in [-0.15, -0.1) is 0 Å². The number of halogens is 1. The van der Waals surface area contributed by atoms with Crippen LogP contribution in [0.2, 0.25) is 5.02 Å². The highest BCUT2D eigenvalue weighted by atomic mass is 35.5. The van der Waals surface area contributed by atoms with Crippen LogP contribution in [0.25, 0.3) is 0 Å². The number of aromatic nitrogens is 1. The molecule has 0 fully saturated rings. The minimum Gasteiger partial charge on any atom is -0.383 e. The van der Waals surface area contributed by atoms with Crippen molar-refractivity contribution < 1.29 is 0 Å². The first-order chi connectivity index (χ1) is 10.1. The highest BCUT2D eigenvalue weighted by Gasteiger charge is 2.16. The van der Waals surface area contributed by atoms with Gasteiger partial charge in [0, 0.05) is 17.8 Å². The maximum absolute atomic E-state index is 6.07. The van der Waals surface area contributed by atoms with E-state index in [9.17, 15) is 0 Å².